The fourth-order valence-corrected chi connectivity index (χ4v) is 6.22. The average Bonchev–Trinajstić information content (AvgIpc) is 3.21. The molecule has 1 N–H and O–H groups in total. The van der Waals surface area contributed by atoms with Gasteiger partial charge in [-0.2, -0.15) is 4.99 Å². The van der Waals surface area contributed by atoms with E-state index in [0.29, 0.717) is 50.8 Å². The number of ether oxygens (including phenoxy) is 1. The van der Waals surface area contributed by atoms with Crippen molar-refractivity contribution >= 4 is 78.0 Å². The summed E-state index contributed by atoms with van der Waals surface area (Å²) in [6, 6.07) is 15.2. The van der Waals surface area contributed by atoms with Crippen molar-refractivity contribution < 1.29 is 17.9 Å². The predicted octanol–water partition coefficient (Wildman–Crippen LogP) is 6.24. The van der Waals surface area contributed by atoms with Crippen molar-refractivity contribution in [3.8, 4) is 0 Å². The molecule has 7 nitrogen and oxygen atoms in total. The molecule has 0 fully saturated rings. The molecule has 4 rings (SSSR count). The summed E-state index contributed by atoms with van der Waals surface area (Å²) in [4.78, 5) is 17.8. The Kier molecular flexibility index (Phi) is 8.39. The number of nitrogens with zero attached hydrogens (tertiary/aromatic N) is 2. The van der Waals surface area contributed by atoms with Crippen LogP contribution >= 0.6 is 46.1 Å². The SMILES string of the molecule is CCOCCn1c(=NC(=O)c2ccc(NS(=O)(=O)c3ccc(Cl)cc3)cc2)sc2c(Cl)ccc(Cl)c21. The van der Waals surface area contributed by atoms with Crippen LogP contribution in [-0.2, 0) is 21.3 Å². The molecule has 0 radical (unpaired) electrons. The van der Waals surface area contributed by atoms with Crippen LogP contribution in [0.15, 0.2) is 70.6 Å². The zero-order valence-electron chi connectivity index (χ0n) is 18.9. The van der Waals surface area contributed by atoms with Crippen molar-refractivity contribution in [2.45, 2.75) is 18.4 Å². The van der Waals surface area contributed by atoms with Gasteiger partial charge in [-0.3, -0.25) is 9.52 Å². The van der Waals surface area contributed by atoms with E-state index in [9.17, 15) is 13.2 Å². The third-order valence-electron chi connectivity index (χ3n) is 5.10. The first-order chi connectivity index (χ1) is 17.2. The van der Waals surface area contributed by atoms with Gasteiger partial charge in [-0.15, -0.1) is 0 Å². The number of halogens is 3. The molecule has 1 heterocycles. The molecule has 0 saturated carbocycles. The van der Waals surface area contributed by atoms with E-state index in [1.54, 1.807) is 12.1 Å². The van der Waals surface area contributed by atoms with Gasteiger partial charge in [0, 0.05) is 29.4 Å². The van der Waals surface area contributed by atoms with Gasteiger partial charge < -0.3 is 9.30 Å². The lowest BCUT2D eigenvalue weighted by Crippen LogP contribution is -2.20. The fraction of sp³-hybridized carbons (Fsp3) is 0.167. The quantitative estimate of drug-likeness (QED) is 0.248. The van der Waals surface area contributed by atoms with Crippen LogP contribution < -0.4 is 9.52 Å². The van der Waals surface area contributed by atoms with E-state index in [0.717, 1.165) is 4.70 Å². The highest BCUT2D eigenvalue weighted by Crippen LogP contribution is 2.32. The summed E-state index contributed by atoms with van der Waals surface area (Å²) in [5.74, 6) is -0.494. The Morgan fingerprint density at radius 3 is 2.33 bits per heavy atom. The summed E-state index contributed by atoms with van der Waals surface area (Å²) in [7, 11) is -3.81. The number of thiazole rings is 1. The number of hydrogen-bond acceptors (Lipinski definition) is 5. The molecular weight excluding hydrogens is 565 g/mol. The Labute approximate surface area is 227 Å². The maximum Gasteiger partial charge on any atom is 0.279 e. The molecule has 188 valence electrons. The summed E-state index contributed by atoms with van der Waals surface area (Å²) in [5.41, 5.74) is 1.27. The first kappa shape index (κ1) is 26.7. The second kappa shape index (κ2) is 11.3. The third kappa shape index (κ3) is 5.94. The number of sulfonamides is 1. The Morgan fingerprint density at radius 1 is 1.00 bits per heavy atom. The van der Waals surface area contributed by atoms with Crippen LogP contribution in [0.2, 0.25) is 15.1 Å². The molecule has 0 saturated heterocycles. The Bertz CT molecular complexity index is 1580. The largest absolute Gasteiger partial charge is 0.380 e. The molecule has 0 spiro atoms. The molecule has 0 unspecified atom stereocenters. The van der Waals surface area contributed by atoms with E-state index in [-0.39, 0.29) is 10.5 Å². The van der Waals surface area contributed by atoms with Crippen molar-refractivity contribution in [2.75, 3.05) is 17.9 Å². The van der Waals surface area contributed by atoms with Gasteiger partial charge in [-0.25, -0.2) is 8.42 Å². The molecule has 0 aliphatic carbocycles. The normalized spacial score (nSPS) is 12.3. The van der Waals surface area contributed by atoms with Crippen molar-refractivity contribution in [3.05, 3.63) is 86.1 Å². The zero-order valence-corrected chi connectivity index (χ0v) is 22.8. The van der Waals surface area contributed by atoms with Gasteiger partial charge in [0.15, 0.2) is 4.80 Å². The summed E-state index contributed by atoms with van der Waals surface area (Å²) in [5, 5.41) is 1.44. The summed E-state index contributed by atoms with van der Waals surface area (Å²) < 4.78 is 35.7. The van der Waals surface area contributed by atoms with Crippen LogP contribution in [0.5, 0.6) is 0 Å². The molecule has 1 aromatic heterocycles. The van der Waals surface area contributed by atoms with Gasteiger partial charge >= 0.3 is 0 Å². The lowest BCUT2D eigenvalue weighted by molar-refractivity contribution is 0.0996. The van der Waals surface area contributed by atoms with Gasteiger partial charge in [0.1, 0.15) is 0 Å². The van der Waals surface area contributed by atoms with Gasteiger partial charge in [-0.1, -0.05) is 46.1 Å². The number of carbonyl (C=O) groups is 1. The van der Waals surface area contributed by atoms with Crippen LogP contribution in [0.4, 0.5) is 5.69 Å². The van der Waals surface area contributed by atoms with Gasteiger partial charge in [0.05, 0.1) is 31.8 Å². The van der Waals surface area contributed by atoms with Crippen molar-refractivity contribution in [1.82, 2.24) is 4.57 Å². The molecule has 0 aliphatic rings. The van der Waals surface area contributed by atoms with Crippen LogP contribution in [0, 0.1) is 0 Å². The molecule has 3 aromatic carbocycles. The highest BCUT2D eigenvalue weighted by molar-refractivity contribution is 7.92. The Morgan fingerprint density at radius 2 is 1.67 bits per heavy atom. The highest BCUT2D eigenvalue weighted by Gasteiger charge is 2.16. The molecule has 0 aliphatic heterocycles. The van der Waals surface area contributed by atoms with E-state index in [1.165, 1.54) is 59.9 Å². The molecule has 1 amide bonds. The maximum absolute atomic E-state index is 13.0. The summed E-state index contributed by atoms with van der Waals surface area (Å²) in [6.07, 6.45) is 0. The number of aromatic nitrogens is 1. The fourth-order valence-electron chi connectivity index (χ4n) is 3.36. The van der Waals surface area contributed by atoms with Crippen LogP contribution in [0.1, 0.15) is 17.3 Å². The monoisotopic (exact) mass is 583 g/mol. The third-order valence-corrected chi connectivity index (χ3v) is 8.59. The van der Waals surface area contributed by atoms with E-state index < -0.39 is 15.9 Å². The minimum absolute atomic E-state index is 0.0701. The first-order valence-electron chi connectivity index (χ1n) is 10.7. The number of carbonyl (C=O) groups excluding carboxylic acids is 1. The number of benzene rings is 3. The van der Waals surface area contributed by atoms with Crippen molar-refractivity contribution in [1.29, 1.82) is 0 Å². The minimum Gasteiger partial charge on any atom is -0.380 e. The number of amides is 1. The molecule has 0 atom stereocenters. The standard InChI is InChI=1S/C24H20Cl3N3O4S2/c1-2-34-14-13-30-21-19(26)11-12-20(27)22(21)35-24(30)28-23(31)15-3-7-17(8-4-15)29-36(32,33)18-9-5-16(25)6-10-18/h3-12,29H,2,13-14H2,1H3. The number of fused-ring (bicyclic) bond motifs is 1. The molecule has 12 heteroatoms. The lowest BCUT2D eigenvalue weighted by Gasteiger charge is -2.08. The van der Waals surface area contributed by atoms with E-state index >= 15 is 0 Å². The lowest BCUT2D eigenvalue weighted by atomic mass is 10.2. The van der Waals surface area contributed by atoms with Crippen LogP contribution in [-0.4, -0.2) is 32.1 Å². The van der Waals surface area contributed by atoms with Crippen LogP contribution in [0.25, 0.3) is 10.2 Å². The molecule has 0 bridgehead atoms. The van der Waals surface area contributed by atoms with Gasteiger partial charge in [-0.05, 0) is 67.6 Å². The molecule has 4 aromatic rings. The predicted molar refractivity (Wildman–Crippen MR) is 145 cm³/mol. The topological polar surface area (TPSA) is 89.8 Å². The molecule has 36 heavy (non-hydrogen) atoms. The van der Waals surface area contributed by atoms with E-state index in [4.69, 9.17) is 39.5 Å². The summed E-state index contributed by atoms with van der Waals surface area (Å²) in [6.45, 7) is 3.30. The molecular formula is C24H20Cl3N3O4S2. The van der Waals surface area contributed by atoms with Crippen molar-refractivity contribution in [2.24, 2.45) is 4.99 Å². The second-order valence-electron chi connectivity index (χ2n) is 7.49. The highest BCUT2D eigenvalue weighted by atomic mass is 35.5. The number of rotatable bonds is 8. The Hall–Kier alpha value is -2.40. The maximum atomic E-state index is 13.0. The average molecular weight is 585 g/mol. The van der Waals surface area contributed by atoms with E-state index in [2.05, 4.69) is 9.71 Å². The second-order valence-corrected chi connectivity index (χ2v) is 11.4. The first-order valence-corrected chi connectivity index (χ1v) is 14.2. The number of anilines is 1. The summed E-state index contributed by atoms with van der Waals surface area (Å²) >= 11 is 19.9. The Balaban J connectivity index is 1.62. The van der Waals surface area contributed by atoms with E-state index in [1.807, 2.05) is 11.5 Å². The van der Waals surface area contributed by atoms with Crippen LogP contribution in [0.3, 0.4) is 0 Å². The minimum atomic E-state index is -3.81. The number of hydrogen-bond donors (Lipinski definition) is 1. The van der Waals surface area contributed by atoms with Crippen molar-refractivity contribution in [3.63, 3.8) is 0 Å². The zero-order chi connectivity index (χ0) is 25.9. The van der Waals surface area contributed by atoms with Gasteiger partial charge in [0.2, 0.25) is 0 Å². The number of nitrogens with one attached hydrogen (secondary N) is 1. The smallest absolute Gasteiger partial charge is 0.279 e. The van der Waals surface area contributed by atoms with Gasteiger partial charge in [0.25, 0.3) is 15.9 Å².